The molecule has 0 amide bonds. The van der Waals surface area contributed by atoms with E-state index >= 15 is 0 Å². The molecule has 0 N–H and O–H groups in total. The predicted molar refractivity (Wildman–Crippen MR) is 161 cm³/mol. The fourth-order valence-electron chi connectivity index (χ4n) is 8.34. The van der Waals surface area contributed by atoms with Crippen LogP contribution in [0.2, 0.25) is 0 Å². The molecular formula is C38H34O4. The van der Waals surface area contributed by atoms with Crippen LogP contribution >= 0.6 is 0 Å². The summed E-state index contributed by atoms with van der Waals surface area (Å²) in [6.07, 6.45) is 3.66. The molecule has 2 saturated heterocycles. The van der Waals surface area contributed by atoms with Crippen LogP contribution in [0.25, 0.3) is 5.76 Å². The lowest BCUT2D eigenvalue weighted by atomic mass is 9.54. The number of hydrogen-bond acceptors (Lipinski definition) is 4. The number of ketones is 1. The van der Waals surface area contributed by atoms with Crippen LogP contribution in [-0.4, -0.2) is 11.6 Å². The van der Waals surface area contributed by atoms with Gasteiger partial charge in [0.1, 0.15) is 17.1 Å². The summed E-state index contributed by atoms with van der Waals surface area (Å²) in [5.41, 5.74) is 1.76. The van der Waals surface area contributed by atoms with Crippen LogP contribution in [-0.2, 0) is 30.4 Å². The number of Topliss-reactive ketones (excluding diaryl/α,β-unsaturated/α-hetero) is 1. The standard InChI is InChI=1S/C38H34O4/c1-34(2)24-33(39)35-26-36(28-17-9-4-10-18-28,29-19-11-5-12-20-29)41-37(35,25-34)42-38(30-21-13-6-14-22-30)32(35)23-31(40-38)27-15-7-3-8-16-27/h3-23,32H,24-26H2,1-2H3. The maximum absolute atomic E-state index is 15.0. The lowest BCUT2D eigenvalue weighted by molar-refractivity contribution is -0.337. The number of carbonyl (C=O) groups excluding carboxylic acids is 1. The van der Waals surface area contributed by atoms with Gasteiger partial charge in [0, 0.05) is 30.4 Å². The van der Waals surface area contributed by atoms with Crippen LogP contribution in [0.4, 0.5) is 0 Å². The average molecular weight is 555 g/mol. The molecule has 8 rings (SSSR count). The van der Waals surface area contributed by atoms with Crippen molar-refractivity contribution in [2.24, 2.45) is 16.7 Å². The molecule has 4 aromatic rings. The third-order valence-corrected chi connectivity index (χ3v) is 9.95. The van der Waals surface area contributed by atoms with E-state index in [1.165, 1.54) is 0 Å². The molecule has 4 aromatic carbocycles. The molecule has 0 spiro atoms. The molecule has 0 bridgehead atoms. The molecule has 4 heteroatoms. The van der Waals surface area contributed by atoms with Gasteiger partial charge >= 0.3 is 0 Å². The highest BCUT2D eigenvalue weighted by atomic mass is 16.8. The zero-order valence-corrected chi connectivity index (χ0v) is 24.0. The highest BCUT2D eigenvalue weighted by Crippen LogP contribution is 2.77. The van der Waals surface area contributed by atoms with E-state index in [4.69, 9.17) is 14.2 Å². The summed E-state index contributed by atoms with van der Waals surface area (Å²) < 4.78 is 21.9. The summed E-state index contributed by atoms with van der Waals surface area (Å²) in [5.74, 6) is -1.86. The van der Waals surface area contributed by atoms with Crippen molar-refractivity contribution in [3.63, 3.8) is 0 Å². The zero-order chi connectivity index (χ0) is 28.6. The summed E-state index contributed by atoms with van der Waals surface area (Å²) in [6.45, 7) is 4.30. The number of fused-ring (bicyclic) bond motifs is 1. The highest BCUT2D eigenvalue weighted by Gasteiger charge is 2.85. The molecule has 3 heterocycles. The molecule has 4 unspecified atom stereocenters. The average Bonchev–Trinajstić information content (AvgIpc) is 3.60. The van der Waals surface area contributed by atoms with E-state index < -0.39 is 22.6 Å². The number of benzene rings is 4. The Hall–Kier alpha value is -3.99. The van der Waals surface area contributed by atoms with Crippen LogP contribution < -0.4 is 0 Å². The van der Waals surface area contributed by atoms with Crippen LogP contribution in [0, 0.1) is 16.7 Å². The van der Waals surface area contributed by atoms with Gasteiger partial charge in [-0.1, -0.05) is 135 Å². The number of carbonyl (C=O) groups is 1. The third kappa shape index (κ3) is 3.34. The van der Waals surface area contributed by atoms with Gasteiger partial charge in [-0.25, -0.2) is 0 Å². The van der Waals surface area contributed by atoms with Crippen molar-refractivity contribution in [3.8, 4) is 0 Å². The molecule has 4 aliphatic rings. The first-order valence-corrected chi connectivity index (χ1v) is 14.9. The first-order chi connectivity index (χ1) is 20.3. The third-order valence-electron chi connectivity index (χ3n) is 9.95. The Bertz CT molecular complexity index is 1640. The van der Waals surface area contributed by atoms with Gasteiger partial charge in [-0.3, -0.25) is 4.79 Å². The molecule has 1 saturated carbocycles. The Morgan fingerprint density at radius 1 is 0.643 bits per heavy atom. The van der Waals surface area contributed by atoms with E-state index in [1.54, 1.807) is 0 Å². The van der Waals surface area contributed by atoms with Gasteiger partial charge in [0.25, 0.3) is 0 Å². The summed E-state index contributed by atoms with van der Waals surface area (Å²) in [5, 5.41) is 0. The largest absolute Gasteiger partial charge is 0.457 e. The van der Waals surface area contributed by atoms with E-state index in [0.717, 1.165) is 28.0 Å². The van der Waals surface area contributed by atoms with Crippen molar-refractivity contribution in [1.29, 1.82) is 0 Å². The molecule has 1 aliphatic carbocycles. The molecular weight excluding hydrogens is 520 g/mol. The topological polar surface area (TPSA) is 44.8 Å². The Morgan fingerprint density at radius 2 is 1.17 bits per heavy atom. The minimum absolute atomic E-state index is 0.185. The number of hydrogen-bond donors (Lipinski definition) is 0. The van der Waals surface area contributed by atoms with E-state index in [1.807, 2.05) is 97.1 Å². The van der Waals surface area contributed by atoms with Gasteiger partial charge in [-0.05, 0) is 22.6 Å². The maximum Gasteiger partial charge on any atom is 0.247 e. The SMILES string of the molecule is CC1(C)CC(=O)C23CC(c4ccccc4)(c4ccccc4)OC2(C1)OC1(c2ccccc2)OC(c2ccccc2)=CC13. The van der Waals surface area contributed by atoms with Gasteiger partial charge in [0.2, 0.25) is 5.79 Å². The second kappa shape index (κ2) is 8.76. The quantitative estimate of drug-likeness (QED) is 0.256. The molecule has 210 valence electrons. The van der Waals surface area contributed by atoms with Crippen LogP contribution in [0.3, 0.4) is 0 Å². The molecule has 4 nitrogen and oxygen atoms in total. The van der Waals surface area contributed by atoms with Crippen molar-refractivity contribution >= 4 is 11.5 Å². The van der Waals surface area contributed by atoms with E-state index in [2.05, 4.69) is 44.2 Å². The number of ether oxygens (including phenoxy) is 3. The van der Waals surface area contributed by atoms with Gasteiger partial charge in [0.15, 0.2) is 5.79 Å². The van der Waals surface area contributed by atoms with Crippen LogP contribution in [0.1, 0.15) is 55.4 Å². The second-order valence-corrected chi connectivity index (χ2v) is 13.1. The first-order valence-electron chi connectivity index (χ1n) is 14.9. The van der Waals surface area contributed by atoms with Gasteiger partial charge < -0.3 is 14.2 Å². The fourth-order valence-corrected chi connectivity index (χ4v) is 8.34. The van der Waals surface area contributed by atoms with Gasteiger partial charge in [0.05, 0.1) is 11.3 Å². The molecule has 4 atom stereocenters. The van der Waals surface area contributed by atoms with Crippen LogP contribution in [0.5, 0.6) is 0 Å². The summed E-state index contributed by atoms with van der Waals surface area (Å²) in [4.78, 5) is 15.0. The first kappa shape index (κ1) is 25.7. The predicted octanol–water partition coefficient (Wildman–Crippen LogP) is 7.99. The second-order valence-electron chi connectivity index (χ2n) is 13.1. The van der Waals surface area contributed by atoms with E-state index in [-0.39, 0.29) is 17.1 Å². The lowest BCUT2D eigenvalue weighted by Gasteiger charge is -2.47. The van der Waals surface area contributed by atoms with E-state index in [0.29, 0.717) is 19.3 Å². The molecule has 42 heavy (non-hydrogen) atoms. The summed E-state index contributed by atoms with van der Waals surface area (Å²) in [6, 6.07) is 40.9. The lowest BCUT2D eigenvalue weighted by Crippen LogP contribution is -2.56. The van der Waals surface area contributed by atoms with Crippen molar-refractivity contribution in [2.75, 3.05) is 0 Å². The monoisotopic (exact) mass is 554 g/mol. The Morgan fingerprint density at radius 3 is 1.74 bits per heavy atom. The van der Waals surface area contributed by atoms with Gasteiger partial charge in [-0.15, -0.1) is 0 Å². The minimum Gasteiger partial charge on any atom is -0.457 e. The molecule has 0 radical (unpaired) electrons. The van der Waals surface area contributed by atoms with Gasteiger partial charge in [-0.2, -0.15) is 0 Å². The highest BCUT2D eigenvalue weighted by molar-refractivity contribution is 5.90. The summed E-state index contributed by atoms with van der Waals surface area (Å²) >= 11 is 0. The Balaban J connectivity index is 1.41. The maximum atomic E-state index is 15.0. The van der Waals surface area contributed by atoms with Crippen molar-refractivity contribution in [1.82, 2.24) is 0 Å². The smallest absolute Gasteiger partial charge is 0.247 e. The normalized spacial score (nSPS) is 31.9. The van der Waals surface area contributed by atoms with Crippen LogP contribution in [0.15, 0.2) is 127 Å². The van der Waals surface area contributed by atoms with E-state index in [9.17, 15) is 4.79 Å². The van der Waals surface area contributed by atoms with Crippen molar-refractivity contribution in [3.05, 3.63) is 150 Å². The summed E-state index contributed by atoms with van der Waals surface area (Å²) in [7, 11) is 0. The fraction of sp³-hybridized carbons (Fsp3) is 0.289. The Labute approximate surface area is 247 Å². The molecule has 0 aromatic heterocycles. The number of rotatable bonds is 4. The zero-order valence-electron chi connectivity index (χ0n) is 24.0. The Kier molecular flexibility index (Phi) is 5.36. The van der Waals surface area contributed by atoms with Crippen molar-refractivity contribution in [2.45, 2.75) is 50.3 Å². The molecule has 3 fully saturated rings. The molecule has 3 aliphatic heterocycles. The minimum atomic E-state index is -1.20. The van der Waals surface area contributed by atoms with Crippen molar-refractivity contribution < 1.29 is 19.0 Å².